The van der Waals surface area contributed by atoms with Crippen molar-refractivity contribution in [3.05, 3.63) is 29.8 Å². The summed E-state index contributed by atoms with van der Waals surface area (Å²) in [5, 5.41) is 0. The maximum atomic E-state index is 12.8. The van der Waals surface area contributed by atoms with Crippen molar-refractivity contribution < 1.29 is 13.9 Å². The van der Waals surface area contributed by atoms with Gasteiger partial charge in [0.25, 0.3) is 0 Å². The van der Waals surface area contributed by atoms with Crippen molar-refractivity contribution in [1.29, 1.82) is 0 Å². The number of nitrogens with zero attached hydrogens (tertiary/aromatic N) is 2. The normalized spacial score (nSPS) is 19.6. The Morgan fingerprint density at radius 2 is 2.21 bits per heavy atom. The maximum Gasteiger partial charge on any atom is 0.410 e. The Hall–Kier alpha value is -1.65. The molecule has 1 atom stereocenters. The molecule has 2 heterocycles. The van der Waals surface area contributed by atoms with Gasteiger partial charge in [-0.25, -0.2) is 9.18 Å². The van der Waals surface area contributed by atoms with Gasteiger partial charge in [0, 0.05) is 24.7 Å². The van der Waals surface area contributed by atoms with Gasteiger partial charge in [-0.05, 0) is 39.3 Å². The molecule has 0 saturated carbocycles. The van der Waals surface area contributed by atoms with Gasteiger partial charge >= 0.3 is 6.09 Å². The number of hydrogen-bond donors (Lipinski definition) is 0. The molecule has 0 radical (unpaired) electrons. The van der Waals surface area contributed by atoms with E-state index >= 15 is 0 Å². The maximum absolute atomic E-state index is 12.8. The highest BCUT2D eigenvalue weighted by atomic mass is 19.1. The third-order valence-electron chi connectivity index (χ3n) is 3.01. The van der Waals surface area contributed by atoms with Crippen LogP contribution < -0.4 is 0 Å². The molecule has 4 nitrogen and oxygen atoms in total. The molecule has 0 aromatic carbocycles. The highest BCUT2D eigenvalue weighted by Crippen LogP contribution is 2.26. The van der Waals surface area contributed by atoms with Gasteiger partial charge in [-0.1, -0.05) is 0 Å². The molecule has 1 fully saturated rings. The van der Waals surface area contributed by atoms with Gasteiger partial charge in [0.15, 0.2) is 0 Å². The number of rotatable bonds is 1. The number of aromatic nitrogens is 1. The summed E-state index contributed by atoms with van der Waals surface area (Å²) in [6, 6.07) is 3.08. The minimum Gasteiger partial charge on any atom is -0.444 e. The van der Waals surface area contributed by atoms with E-state index in [1.54, 1.807) is 11.0 Å². The van der Waals surface area contributed by atoms with Crippen LogP contribution in [0.5, 0.6) is 0 Å². The van der Waals surface area contributed by atoms with Crippen LogP contribution in [-0.2, 0) is 4.74 Å². The average Bonchev–Trinajstić information content (AvgIpc) is 2.77. The lowest BCUT2D eigenvalue weighted by molar-refractivity contribution is 0.0292. The first kappa shape index (κ1) is 13.8. The number of amides is 1. The molecule has 0 bridgehead atoms. The molecule has 1 unspecified atom stereocenters. The summed E-state index contributed by atoms with van der Waals surface area (Å²) in [4.78, 5) is 17.7. The summed E-state index contributed by atoms with van der Waals surface area (Å²) in [5.41, 5.74) is 0.344. The van der Waals surface area contributed by atoms with Crippen LogP contribution in [0.4, 0.5) is 9.18 Å². The average molecular weight is 266 g/mol. The van der Waals surface area contributed by atoms with Gasteiger partial charge in [0.2, 0.25) is 0 Å². The van der Waals surface area contributed by atoms with Crippen molar-refractivity contribution in [3.63, 3.8) is 0 Å². The lowest BCUT2D eigenvalue weighted by atomic mass is 10.0. The van der Waals surface area contributed by atoms with Crippen LogP contribution in [0.3, 0.4) is 0 Å². The highest BCUT2D eigenvalue weighted by molar-refractivity contribution is 5.68. The van der Waals surface area contributed by atoms with E-state index in [4.69, 9.17) is 4.74 Å². The van der Waals surface area contributed by atoms with Crippen molar-refractivity contribution >= 4 is 6.09 Å². The topological polar surface area (TPSA) is 42.4 Å². The second-order valence-corrected chi connectivity index (χ2v) is 5.81. The van der Waals surface area contributed by atoms with E-state index in [0.717, 1.165) is 12.1 Å². The second-order valence-electron chi connectivity index (χ2n) is 5.81. The predicted octanol–water partition coefficient (Wildman–Crippen LogP) is 2.95. The van der Waals surface area contributed by atoms with Gasteiger partial charge < -0.3 is 9.64 Å². The minimum absolute atomic E-state index is 0.160. The summed E-state index contributed by atoms with van der Waals surface area (Å²) < 4.78 is 18.1. The molecule has 0 aliphatic carbocycles. The van der Waals surface area contributed by atoms with E-state index < -0.39 is 5.60 Å². The quantitative estimate of drug-likeness (QED) is 0.785. The first-order chi connectivity index (χ1) is 8.85. The molecular weight excluding hydrogens is 247 g/mol. The van der Waals surface area contributed by atoms with Gasteiger partial charge in [-0.15, -0.1) is 0 Å². The number of pyridine rings is 1. The third kappa shape index (κ3) is 3.66. The smallest absolute Gasteiger partial charge is 0.410 e. The van der Waals surface area contributed by atoms with E-state index in [1.807, 2.05) is 20.8 Å². The molecule has 1 amide bonds. The molecule has 1 aliphatic rings. The van der Waals surface area contributed by atoms with Crippen LogP contribution in [0.2, 0.25) is 0 Å². The summed E-state index contributed by atoms with van der Waals surface area (Å²) in [7, 11) is 0. The molecule has 0 N–H and O–H groups in total. The Morgan fingerprint density at radius 3 is 2.79 bits per heavy atom. The summed E-state index contributed by atoms with van der Waals surface area (Å²) in [6.07, 6.45) is 1.75. The van der Waals surface area contributed by atoms with Crippen molar-refractivity contribution in [2.24, 2.45) is 0 Å². The summed E-state index contributed by atoms with van der Waals surface area (Å²) >= 11 is 0. The van der Waals surface area contributed by atoms with Crippen LogP contribution in [0.15, 0.2) is 18.3 Å². The van der Waals surface area contributed by atoms with Crippen molar-refractivity contribution in [1.82, 2.24) is 9.88 Å². The fourth-order valence-electron chi connectivity index (χ4n) is 2.12. The van der Waals surface area contributed by atoms with E-state index in [-0.39, 0.29) is 17.8 Å². The van der Waals surface area contributed by atoms with Crippen LogP contribution in [0, 0.1) is 5.82 Å². The van der Waals surface area contributed by atoms with Gasteiger partial charge in [-0.3, -0.25) is 4.98 Å². The fraction of sp³-hybridized carbons (Fsp3) is 0.571. The van der Waals surface area contributed by atoms with Gasteiger partial charge in [-0.2, -0.15) is 0 Å². The number of hydrogen-bond acceptors (Lipinski definition) is 3. The van der Waals surface area contributed by atoms with Crippen molar-refractivity contribution in [2.45, 2.75) is 38.7 Å². The van der Waals surface area contributed by atoms with E-state index in [0.29, 0.717) is 13.1 Å². The Morgan fingerprint density at radius 1 is 1.47 bits per heavy atom. The van der Waals surface area contributed by atoms with E-state index in [1.165, 1.54) is 12.3 Å². The van der Waals surface area contributed by atoms with Crippen molar-refractivity contribution in [2.75, 3.05) is 13.1 Å². The largest absolute Gasteiger partial charge is 0.444 e. The number of ether oxygens (including phenoxy) is 1. The number of carbonyl (C=O) groups excluding carboxylic acids is 1. The van der Waals surface area contributed by atoms with E-state index in [9.17, 15) is 9.18 Å². The molecule has 0 spiro atoms. The van der Waals surface area contributed by atoms with Crippen LogP contribution in [0.25, 0.3) is 0 Å². The zero-order chi connectivity index (χ0) is 14.0. The molecule has 19 heavy (non-hydrogen) atoms. The summed E-state index contributed by atoms with van der Waals surface area (Å²) in [5.74, 6) is -0.182. The molecule has 104 valence electrons. The Labute approximate surface area is 112 Å². The van der Waals surface area contributed by atoms with E-state index in [2.05, 4.69) is 4.98 Å². The number of likely N-dealkylation sites (tertiary alicyclic amines) is 1. The Bertz CT molecular complexity index is 454. The zero-order valence-corrected chi connectivity index (χ0v) is 11.5. The highest BCUT2D eigenvalue weighted by Gasteiger charge is 2.31. The SMILES string of the molecule is CC(C)(C)OC(=O)N1CCC(c2ccc(F)cn2)C1. The first-order valence-electron chi connectivity index (χ1n) is 6.44. The molecule has 1 aliphatic heterocycles. The monoisotopic (exact) mass is 266 g/mol. The lowest BCUT2D eigenvalue weighted by Crippen LogP contribution is -2.35. The second kappa shape index (κ2) is 5.15. The zero-order valence-electron chi connectivity index (χ0n) is 11.5. The van der Waals surface area contributed by atoms with Crippen LogP contribution in [0.1, 0.15) is 38.8 Å². The third-order valence-corrected chi connectivity index (χ3v) is 3.01. The predicted molar refractivity (Wildman–Crippen MR) is 69.4 cm³/mol. The van der Waals surface area contributed by atoms with Gasteiger partial charge in [0.1, 0.15) is 11.4 Å². The molecule has 2 rings (SSSR count). The van der Waals surface area contributed by atoms with Gasteiger partial charge in [0.05, 0.1) is 6.20 Å². The molecular formula is C14H19FN2O2. The first-order valence-corrected chi connectivity index (χ1v) is 6.44. The van der Waals surface area contributed by atoms with Crippen LogP contribution >= 0.6 is 0 Å². The molecule has 5 heteroatoms. The van der Waals surface area contributed by atoms with Crippen molar-refractivity contribution in [3.8, 4) is 0 Å². The fourth-order valence-corrected chi connectivity index (χ4v) is 2.12. The lowest BCUT2D eigenvalue weighted by Gasteiger charge is -2.24. The number of carbonyl (C=O) groups is 1. The molecule has 1 aromatic heterocycles. The molecule has 1 saturated heterocycles. The summed E-state index contributed by atoms with van der Waals surface area (Å²) in [6.45, 7) is 6.77. The number of halogens is 1. The van der Waals surface area contributed by atoms with Crippen LogP contribution in [-0.4, -0.2) is 34.7 Å². The molecule has 1 aromatic rings. The Balaban J connectivity index is 1.96. The standard InChI is InChI=1S/C14H19FN2O2/c1-14(2,3)19-13(18)17-7-6-10(9-17)12-5-4-11(15)8-16-12/h4-5,8,10H,6-7,9H2,1-3H3. The Kier molecular flexibility index (Phi) is 3.73. The minimum atomic E-state index is -0.483.